The van der Waals surface area contributed by atoms with Crippen LogP contribution in [0.5, 0.6) is 0 Å². The van der Waals surface area contributed by atoms with Gasteiger partial charge >= 0.3 is 6.18 Å². The molecular formula is C17H15ClF3N5. The standard InChI is InChI=1S/C17H15ClF3N5/c18-13-4-6-14(22-8-13)25-7-1-2-11(9-25)16-24-23-15-5-3-12(10-26(15)16)17(19,20)21/h3-6,8,10-11H,1-2,7,9H2. The molecule has 1 saturated heterocycles. The molecule has 0 radical (unpaired) electrons. The molecule has 0 bridgehead atoms. The summed E-state index contributed by atoms with van der Waals surface area (Å²) >= 11 is 5.88. The van der Waals surface area contributed by atoms with Gasteiger partial charge in [-0.05, 0) is 37.1 Å². The summed E-state index contributed by atoms with van der Waals surface area (Å²) in [6, 6.07) is 5.99. The van der Waals surface area contributed by atoms with E-state index >= 15 is 0 Å². The van der Waals surface area contributed by atoms with Crippen LogP contribution in [0.25, 0.3) is 5.65 Å². The van der Waals surface area contributed by atoms with E-state index < -0.39 is 11.7 Å². The van der Waals surface area contributed by atoms with Crippen LogP contribution in [0.1, 0.15) is 30.1 Å². The van der Waals surface area contributed by atoms with E-state index in [1.807, 2.05) is 6.07 Å². The minimum absolute atomic E-state index is 0.0280. The zero-order valence-corrected chi connectivity index (χ0v) is 14.4. The van der Waals surface area contributed by atoms with E-state index in [4.69, 9.17) is 11.6 Å². The molecule has 5 nitrogen and oxygen atoms in total. The van der Waals surface area contributed by atoms with E-state index in [1.54, 1.807) is 12.3 Å². The van der Waals surface area contributed by atoms with Gasteiger partial charge in [-0.2, -0.15) is 13.2 Å². The summed E-state index contributed by atoms with van der Waals surface area (Å²) in [6.45, 7) is 1.45. The first-order valence-electron chi connectivity index (χ1n) is 8.20. The van der Waals surface area contributed by atoms with Gasteiger partial charge in [0.05, 0.1) is 10.6 Å². The normalized spacial score (nSPS) is 18.5. The molecule has 1 atom stereocenters. The SMILES string of the molecule is FC(F)(F)c1ccc2nnc(C3CCCN(c4ccc(Cl)cn4)C3)n2c1. The van der Waals surface area contributed by atoms with Gasteiger partial charge in [0.2, 0.25) is 0 Å². The summed E-state index contributed by atoms with van der Waals surface area (Å²) in [4.78, 5) is 6.43. The number of aromatic nitrogens is 4. The lowest BCUT2D eigenvalue weighted by Gasteiger charge is -2.32. The average molecular weight is 382 g/mol. The molecule has 1 fully saturated rings. The Labute approximate surface area is 152 Å². The van der Waals surface area contributed by atoms with Crippen molar-refractivity contribution in [3.8, 4) is 0 Å². The zero-order chi connectivity index (χ0) is 18.3. The Bertz CT molecular complexity index is 922. The van der Waals surface area contributed by atoms with Crippen molar-refractivity contribution in [1.82, 2.24) is 19.6 Å². The highest BCUT2D eigenvalue weighted by molar-refractivity contribution is 6.30. The third-order valence-corrected chi connectivity index (χ3v) is 4.80. The van der Waals surface area contributed by atoms with Crippen LogP contribution in [0.3, 0.4) is 0 Å². The van der Waals surface area contributed by atoms with E-state index in [2.05, 4.69) is 20.1 Å². The zero-order valence-electron chi connectivity index (χ0n) is 13.6. The minimum atomic E-state index is -4.40. The molecule has 4 rings (SSSR count). The van der Waals surface area contributed by atoms with Gasteiger partial charge in [0.1, 0.15) is 11.6 Å². The number of alkyl halides is 3. The lowest BCUT2D eigenvalue weighted by molar-refractivity contribution is -0.137. The maximum atomic E-state index is 13.0. The summed E-state index contributed by atoms with van der Waals surface area (Å²) < 4.78 is 40.5. The molecule has 0 N–H and O–H groups in total. The Morgan fingerprint density at radius 1 is 1.12 bits per heavy atom. The number of fused-ring (bicyclic) bond motifs is 1. The molecule has 0 spiro atoms. The molecule has 1 unspecified atom stereocenters. The number of hydrogen-bond donors (Lipinski definition) is 0. The van der Waals surface area contributed by atoms with Crippen molar-refractivity contribution < 1.29 is 13.2 Å². The van der Waals surface area contributed by atoms with Crippen LogP contribution < -0.4 is 4.90 Å². The monoisotopic (exact) mass is 381 g/mol. The van der Waals surface area contributed by atoms with Crippen LogP contribution in [-0.4, -0.2) is 32.7 Å². The molecule has 4 heterocycles. The number of hydrogen-bond acceptors (Lipinski definition) is 4. The Kier molecular flexibility index (Phi) is 4.22. The van der Waals surface area contributed by atoms with E-state index in [-0.39, 0.29) is 5.92 Å². The van der Waals surface area contributed by atoms with E-state index in [9.17, 15) is 13.2 Å². The van der Waals surface area contributed by atoms with Crippen molar-refractivity contribution in [2.24, 2.45) is 0 Å². The maximum Gasteiger partial charge on any atom is 0.417 e. The fourth-order valence-electron chi connectivity index (χ4n) is 3.31. The molecule has 3 aromatic heterocycles. The van der Waals surface area contributed by atoms with E-state index in [0.29, 0.717) is 23.0 Å². The first-order valence-corrected chi connectivity index (χ1v) is 8.58. The van der Waals surface area contributed by atoms with Crippen LogP contribution in [-0.2, 0) is 6.18 Å². The quantitative estimate of drug-likeness (QED) is 0.668. The third kappa shape index (κ3) is 3.21. The van der Waals surface area contributed by atoms with Crippen LogP contribution >= 0.6 is 11.6 Å². The van der Waals surface area contributed by atoms with Crippen molar-refractivity contribution in [2.45, 2.75) is 24.9 Å². The summed E-state index contributed by atoms with van der Waals surface area (Å²) in [5.41, 5.74) is -0.298. The number of piperidine rings is 1. The fourth-order valence-corrected chi connectivity index (χ4v) is 3.42. The Hall–Kier alpha value is -2.35. The van der Waals surface area contributed by atoms with Crippen molar-refractivity contribution in [2.75, 3.05) is 18.0 Å². The van der Waals surface area contributed by atoms with Gasteiger partial charge < -0.3 is 4.90 Å². The molecule has 26 heavy (non-hydrogen) atoms. The molecule has 0 aromatic carbocycles. The summed E-state index contributed by atoms with van der Waals surface area (Å²) in [7, 11) is 0. The molecule has 3 aromatic rings. The first-order chi connectivity index (χ1) is 12.4. The predicted octanol–water partition coefficient (Wildman–Crippen LogP) is 4.18. The minimum Gasteiger partial charge on any atom is -0.356 e. The van der Waals surface area contributed by atoms with E-state index in [1.165, 1.54) is 10.5 Å². The molecule has 1 aliphatic heterocycles. The Balaban J connectivity index is 1.65. The van der Waals surface area contributed by atoms with Gasteiger partial charge in [-0.15, -0.1) is 10.2 Å². The number of anilines is 1. The van der Waals surface area contributed by atoms with Gasteiger partial charge in [-0.25, -0.2) is 4.98 Å². The number of rotatable bonds is 2. The second-order valence-corrected chi connectivity index (χ2v) is 6.76. The second kappa shape index (κ2) is 6.42. The number of nitrogens with zero attached hydrogens (tertiary/aromatic N) is 5. The first kappa shape index (κ1) is 17.1. The molecule has 0 saturated carbocycles. The molecule has 0 aliphatic carbocycles. The molecule has 1 aliphatic rings. The van der Waals surface area contributed by atoms with Crippen molar-refractivity contribution in [1.29, 1.82) is 0 Å². The molecular weight excluding hydrogens is 367 g/mol. The smallest absolute Gasteiger partial charge is 0.356 e. The van der Waals surface area contributed by atoms with Crippen molar-refractivity contribution in [3.05, 3.63) is 53.1 Å². The maximum absolute atomic E-state index is 13.0. The van der Waals surface area contributed by atoms with Crippen LogP contribution in [0, 0.1) is 0 Å². The Morgan fingerprint density at radius 2 is 1.96 bits per heavy atom. The fraction of sp³-hybridized carbons (Fsp3) is 0.353. The van der Waals surface area contributed by atoms with Gasteiger partial charge in [0.15, 0.2) is 5.65 Å². The molecule has 9 heteroatoms. The highest BCUT2D eigenvalue weighted by atomic mass is 35.5. The Morgan fingerprint density at radius 3 is 2.69 bits per heavy atom. The van der Waals surface area contributed by atoms with E-state index in [0.717, 1.165) is 37.5 Å². The van der Waals surface area contributed by atoms with Gasteiger partial charge in [0.25, 0.3) is 0 Å². The van der Waals surface area contributed by atoms with Gasteiger partial charge in [-0.3, -0.25) is 4.40 Å². The topological polar surface area (TPSA) is 46.3 Å². The summed E-state index contributed by atoms with van der Waals surface area (Å²) in [5, 5.41) is 8.74. The second-order valence-electron chi connectivity index (χ2n) is 6.32. The van der Waals surface area contributed by atoms with Crippen LogP contribution in [0.15, 0.2) is 36.7 Å². The summed E-state index contributed by atoms with van der Waals surface area (Å²) in [5.74, 6) is 1.31. The highest BCUT2D eigenvalue weighted by Gasteiger charge is 2.32. The lowest BCUT2D eigenvalue weighted by Crippen LogP contribution is -2.35. The van der Waals surface area contributed by atoms with Gasteiger partial charge in [-0.1, -0.05) is 11.6 Å². The number of halogens is 4. The molecule has 0 amide bonds. The summed E-state index contributed by atoms with van der Waals surface area (Å²) in [6.07, 6.45) is -0.0156. The highest BCUT2D eigenvalue weighted by Crippen LogP contribution is 2.32. The largest absolute Gasteiger partial charge is 0.417 e. The van der Waals surface area contributed by atoms with Crippen LogP contribution in [0.2, 0.25) is 5.02 Å². The van der Waals surface area contributed by atoms with Crippen LogP contribution in [0.4, 0.5) is 19.0 Å². The predicted molar refractivity (Wildman–Crippen MR) is 91.4 cm³/mol. The lowest BCUT2D eigenvalue weighted by atomic mass is 9.97. The molecule has 136 valence electrons. The average Bonchev–Trinajstić information content (AvgIpc) is 3.05. The number of pyridine rings is 2. The van der Waals surface area contributed by atoms with Crippen molar-refractivity contribution in [3.63, 3.8) is 0 Å². The third-order valence-electron chi connectivity index (χ3n) is 4.58. The van der Waals surface area contributed by atoms with Crippen molar-refractivity contribution >= 4 is 23.1 Å². The van der Waals surface area contributed by atoms with Gasteiger partial charge in [0, 0.05) is 31.4 Å².